The first kappa shape index (κ1) is 20.4. The van der Waals surface area contributed by atoms with Gasteiger partial charge in [-0.15, -0.1) is 0 Å². The fourth-order valence-electron chi connectivity index (χ4n) is 4.53. The molecule has 2 bridgehead atoms. The summed E-state index contributed by atoms with van der Waals surface area (Å²) in [5.74, 6) is 1.81. The maximum atomic E-state index is 13.3. The van der Waals surface area contributed by atoms with E-state index < -0.39 is 10.0 Å². The highest BCUT2D eigenvalue weighted by atomic mass is 32.2. The molecule has 27 heavy (non-hydrogen) atoms. The van der Waals surface area contributed by atoms with Crippen LogP contribution in [-0.4, -0.2) is 14.1 Å². The number of hydrogen-bond donors (Lipinski definition) is 1. The zero-order chi connectivity index (χ0) is 19.9. The van der Waals surface area contributed by atoms with Crippen molar-refractivity contribution in [2.45, 2.75) is 89.9 Å². The van der Waals surface area contributed by atoms with Gasteiger partial charge in [0.25, 0.3) is 10.0 Å². The number of sulfonamides is 1. The van der Waals surface area contributed by atoms with Crippen molar-refractivity contribution in [3.63, 3.8) is 0 Å². The number of hydrazone groups is 1. The summed E-state index contributed by atoms with van der Waals surface area (Å²) in [4.78, 5) is 3.04. The molecule has 3 rings (SSSR count). The summed E-state index contributed by atoms with van der Waals surface area (Å²) in [7, 11) is -3.70. The summed E-state index contributed by atoms with van der Waals surface area (Å²) in [5.41, 5.74) is 4.03. The molecule has 0 amide bonds. The van der Waals surface area contributed by atoms with Crippen LogP contribution >= 0.6 is 0 Å². The topological polar surface area (TPSA) is 58.5 Å². The molecule has 5 heteroatoms. The van der Waals surface area contributed by atoms with Gasteiger partial charge in [-0.2, -0.15) is 13.5 Å². The lowest BCUT2D eigenvalue weighted by Gasteiger charge is -2.22. The lowest BCUT2D eigenvalue weighted by Crippen LogP contribution is -2.25. The standard InChI is InChI=1S/C22H34N2O2S/c1-13(2)18-11-19(14(3)4)22(20(12-18)15(5)6)27(25,26)24-23-21-10-16-7-8-17(21)9-16/h11-17,24H,7-10H2,1-6H3/b23-21+/t16-,17+/m0/s1. The van der Waals surface area contributed by atoms with Crippen molar-refractivity contribution >= 4 is 15.7 Å². The number of nitrogens with one attached hydrogen (secondary N) is 1. The molecule has 2 saturated carbocycles. The van der Waals surface area contributed by atoms with E-state index >= 15 is 0 Å². The third-order valence-corrected chi connectivity index (χ3v) is 7.51. The van der Waals surface area contributed by atoms with Crippen LogP contribution in [0, 0.1) is 11.8 Å². The summed E-state index contributed by atoms with van der Waals surface area (Å²) < 4.78 is 26.6. The Bertz CT molecular complexity index is 809. The van der Waals surface area contributed by atoms with Crippen LogP contribution in [0.4, 0.5) is 0 Å². The first-order chi connectivity index (χ1) is 12.6. The second kappa shape index (κ2) is 7.57. The average molecular weight is 391 g/mol. The van der Waals surface area contributed by atoms with Gasteiger partial charge in [0, 0.05) is 5.71 Å². The minimum atomic E-state index is -3.70. The molecule has 0 aliphatic heterocycles. The molecule has 4 nitrogen and oxygen atoms in total. The highest BCUT2D eigenvalue weighted by Gasteiger charge is 2.37. The molecule has 0 radical (unpaired) electrons. The van der Waals surface area contributed by atoms with Gasteiger partial charge >= 0.3 is 0 Å². The summed E-state index contributed by atoms with van der Waals surface area (Å²) >= 11 is 0. The lowest BCUT2D eigenvalue weighted by molar-refractivity contribution is 0.575. The quantitative estimate of drug-likeness (QED) is 0.651. The van der Waals surface area contributed by atoms with Gasteiger partial charge in [-0.25, -0.2) is 4.83 Å². The predicted octanol–water partition coefficient (Wildman–Crippen LogP) is 5.51. The highest BCUT2D eigenvalue weighted by molar-refractivity contribution is 7.89. The van der Waals surface area contributed by atoms with Crippen LogP contribution < -0.4 is 4.83 Å². The zero-order valence-electron chi connectivity index (χ0n) is 17.5. The SMILES string of the molecule is CC(C)c1cc(C(C)C)c(S(=O)(=O)N/N=C2\C[C@H]3CC[C@@H]2C3)c(C(C)C)c1. The molecule has 2 fully saturated rings. The van der Waals surface area contributed by atoms with E-state index in [2.05, 4.69) is 63.6 Å². The third-order valence-electron chi connectivity index (χ3n) is 6.17. The molecule has 0 spiro atoms. The van der Waals surface area contributed by atoms with Crippen LogP contribution in [0.1, 0.15) is 102 Å². The first-order valence-corrected chi connectivity index (χ1v) is 11.8. The number of rotatable bonds is 6. The molecule has 1 N–H and O–H groups in total. The Morgan fingerprint density at radius 3 is 1.96 bits per heavy atom. The Kier molecular flexibility index (Phi) is 5.72. The second-order valence-corrected chi connectivity index (χ2v) is 10.9. The minimum absolute atomic E-state index is 0.128. The Balaban J connectivity index is 2.03. The van der Waals surface area contributed by atoms with Crippen molar-refractivity contribution in [1.29, 1.82) is 0 Å². The normalized spacial score (nSPS) is 24.0. The van der Waals surface area contributed by atoms with Crippen molar-refractivity contribution in [3.8, 4) is 0 Å². The van der Waals surface area contributed by atoms with E-state index in [4.69, 9.17) is 0 Å². The summed E-state index contributed by atoms with van der Waals surface area (Å²) in [6, 6.07) is 4.14. The van der Waals surface area contributed by atoms with Gasteiger partial charge in [-0.1, -0.05) is 53.7 Å². The lowest BCUT2D eigenvalue weighted by atomic mass is 9.89. The Morgan fingerprint density at radius 1 is 0.963 bits per heavy atom. The Morgan fingerprint density at radius 2 is 1.56 bits per heavy atom. The molecule has 0 aromatic heterocycles. The minimum Gasteiger partial charge on any atom is -0.200 e. The fraction of sp³-hybridized carbons (Fsp3) is 0.682. The van der Waals surface area contributed by atoms with Crippen LogP contribution in [0.3, 0.4) is 0 Å². The predicted molar refractivity (Wildman–Crippen MR) is 112 cm³/mol. The Labute approximate surface area is 164 Å². The molecular formula is C22H34N2O2S. The van der Waals surface area contributed by atoms with Crippen LogP contribution in [0.5, 0.6) is 0 Å². The van der Waals surface area contributed by atoms with E-state index in [-0.39, 0.29) is 11.8 Å². The van der Waals surface area contributed by atoms with E-state index in [0.29, 0.717) is 22.6 Å². The van der Waals surface area contributed by atoms with Gasteiger partial charge in [0.05, 0.1) is 4.90 Å². The molecule has 2 aliphatic carbocycles. The molecular weight excluding hydrogens is 356 g/mol. The van der Waals surface area contributed by atoms with Crippen LogP contribution in [-0.2, 0) is 10.0 Å². The van der Waals surface area contributed by atoms with Gasteiger partial charge in [0.15, 0.2) is 0 Å². The van der Waals surface area contributed by atoms with E-state index in [9.17, 15) is 8.42 Å². The van der Waals surface area contributed by atoms with Crippen molar-refractivity contribution in [2.75, 3.05) is 0 Å². The van der Waals surface area contributed by atoms with Crippen LogP contribution in [0.25, 0.3) is 0 Å². The van der Waals surface area contributed by atoms with Crippen molar-refractivity contribution in [3.05, 3.63) is 28.8 Å². The number of benzene rings is 1. The molecule has 0 unspecified atom stereocenters. The van der Waals surface area contributed by atoms with Gasteiger partial charge in [0.2, 0.25) is 0 Å². The van der Waals surface area contributed by atoms with Gasteiger partial charge in [-0.05, 0) is 72.0 Å². The summed E-state index contributed by atoms with van der Waals surface area (Å²) in [5, 5.41) is 4.39. The van der Waals surface area contributed by atoms with Crippen LogP contribution in [0.15, 0.2) is 22.1 Å². The average Bonchev–Trinajstić information content (AvgIpc) is 3.21. The number of hydrogen-bond acceptors (Lipinski definition) is 3. The molecule has 2 atom stereocenters. The van der Waals surface area contributed by atoms with E-state index in [1.165, 1.54) is 18.4 Å². The highest BCUT2D eigenvalue weighted by Crippen LogP contribution is 2.42. The van der Waals surface area contributed by atoms with Crippen LogP contribution in [0.2, 0.25) is 0 Å². The van der Waals surface area contributed by atoms with Crippen molar-refractivity contribution < 1.29 is 8.42 Å². The molecule has 0 saturated heterocycles. The maximum absolute atomic E-state index is 13.3. The van der Waals surface area contributed by atoms with Gasteiger partial charge in [0.1, 0.15) is 0 Å². The third kappa shape index (κ3) is 4.08. The maximum Gasteiger partial charge on any atom is 0.277 e. The number of fused-ring (bicyclic) bond motifs is 2. The fourth-order valence-corrected chi connectivity index (χ4v) is 6.07. The molecule has 0 heterocycles. The molecule has 1 aromatic carbocycles. The van der Waals surface area contributed by atoms with E-state index in [1.807, 2.05) is 0 Å². The van der Waals surface area contributed by atoms with Crippen molar-refractivity contribution in [2.24, 2.45) is 16.9 Å². The zero-order valence-corrected chi connectivity index (χ0v) is 18.4. The summed E-state index contributed by atoms with van der Waals surface area (Å²) in [6.45, 7) is 12.5. The van der Waals surface area contributed by atoms with Gasteiger partial charge in [-0.3, -0.25) is 0 Å². The Hall–Kier alpha value is -1.36. The smallest absolute Gasteiger partial charge is 0.200 e. The molecule has 1 aromatic rings. The first-order valence-electron chi connectivity index (χ1n) is 10.4. The monoisotopic (exact) mass is 390 g/mol. The van der Waals surface area contributed by atoms with E-state index in [0.717, 1.165) is 29.7 Å². The van der Waals surface area contributed by atoms with Crippen molar-refractivity contribution in [1.82, 2.24) is 4.83 Å². The summed E-state index contributed by atoms with van der Waals surface area (Å²) in [6.07, 6.45) is 4.55. The van der Waals surface area contributed by atoms with Gasteiger partial charge < -0.3 is 0 Å². The second-order valence-electron chi connectivity index (χ2n) is 9.27. The largest absolute Gasteiger partial charge is 0.277 e. The molecule has 2 aliphatic rings. The molecule has 150 valence electrons. The number of nitrogens with zero attached hydrogens (tertiary/aromatic N) is 1. The van der Waals surface area contributed by atoms with E-state index in [1.54, 1.807) is 0 Å².